The first-order valence-corrected chi connectivity index (χ1v) is 6.53. The van der Waals surface area contributed by atoms with Crippen LogP contribution in [0.1, 0.15) is 27.2 Å². The van der Waals surface area contributed by atoms with Crippen molar-refractivity contribution >= 4 is 11.8 Å². The molecule has 84 valence electrons. The summed E-state index contributed by atoms with van der Waals surface area (Å²) in [5.74, 6) is 2.55. The Labute approximate surface area is 92.2 Å². The molecule has 0 radical (unpaired) electrons. The SMILES string of the molecule is COC(C)CNC1CSCC(C)(C)C1. The van der Waals surface area contributed by atoms with E-state index in [-0.39, 0.29) is 0 Å². The van der Waals surface area contributed by atoms with Crippen LogP contribution in [0.3, 0.4) is 0 Å². The smallest absolute Gasteiger partial charge is 0.0667 e. The molecule has 3 heteroatoms. The molecule has 2 nitrogen and oxygen atoms in total. The second-order valence-electron chi connectivity index (χ2n) is 5.03. The standard InChI is InChI=1S/C11H23NOS/c1-9(13-4)6-12-10-5-11(2,3)8-14-7-10/h9-10,12H,5-8H2,1-4H3. The molecule has 1 rings (SSSR count). The molecule has 1 N–H and O–H groups in total. The first-order chi connectivity index (χ1) is 6.53. The summed E-state index contributed by atoms with van der Waals surface area (Å²) in [6.45, 7) is 7.78. The maximum atomic E-state index is 5.22. The Morgan fingerprint density at radius 1 is 1.57 bits per heavy atom. The molecule has 1 fully saturated rings. The predicted molar refractivity (Wildman–Crippen MR) is 64.0 cm³/mol. The average molecular weight is 217 g/mol. The Balaban J connectivity index is 2.24. The lowest BCUT2D eigenvalue weighted by Gasteiger charge is -2.35. The van der Waals surface area contributed by atoms with E-state index in [4.69, 9.17) is 4.74 Å². The van der Waals surface area contributed by atoms with Gasteiger partial charge in [-0.3, -0.25) is 0 Å². The second kappa shape index (κ2) is 5.38. The molecule has 14 heavy (non-hydrogen) atoms. The van der Waals surface area contributed by atoms with Gasteiger partial charge in [-0.15, -0.1) is 0 Å². The molecule has 2 atom stereocenters. The molecule has 1 saturated heterocycles. The molecule has 1 aliphatic heterocycles. The third-order valence-corrected chi connectivity index (χ3v) is 4.33. The Morgan fingerprint density at radius 3 is 2.86 bits per heavy atom. The minimum atomic E-state index is 0.324. The Hall–Kier alpha value is 0.270. The quantitative estimate of drug-likeness (QED) is 0.779. The molecule has 1 heterocycles. The van der Waals surface area contributed by atoms with Gasteiger partial charge in [-0.2, -0.15) is 11.8 Å². The highest BCUT2D eigenvalue weighted by Crippen LogP contribution is 2.33. The summed E-state index contributed by atoms with van der Waals surface area (Å²) in [4.78, 5) is 0. The lowest BCUT2D eigenvalue weighted by atomic mass is 9.88. The van der Waals surface area contributed by atoms with Gasteiger partial charge >= 0.3 is 0 Å². The van der Waals surface area contributed by atoms with E-state index in [9.17, 15) is 0 Å². The monoisotopic (exact) mass is 217 g/mol. The van der Waals surface area contributed by atoms with Crippen molar-refractivity contribution in [1.82, 2.24) is 5.32 Å². The van der Waals surface area contributed by atoms with Gasteiger partial charge in [-0.05, 0) is 24.5 Å². The number of hydrogen-bond acceptors (Lipinski definition) is 3. The topological polar surface area (TPSA) is 21.3 Å². The zero-order valence-corrected chi connectivity index (χ0v) is 10.6. The molecule has 0 saturated carbocycles. The highest BCUT2D eigenvalue weighted by molar-refractivity contribution is 7.99. The second-order valence-corrected chi connectivity index (χ2v) is 6.07. The van der Waals surface area contributed by atoms with Crippen LogP contribution < -0.4 is 5.32 Å². The van der Waals surface area contributed by atoms with Crippen LogP contribution in [-0.4, -0.2) is 37.3 Å². The first kappa shape index (κ1) is 12.3. The van der Waals surface area contributed by atoms with Crippen molar-refractivity contribution in [2.45, 2.75) is 39.3 Å². The lowest BCUT2D eigenvalue weighted by Crippen LogP contribution is -2.43. The molecular formula is C11H23NOS. The van der Waals surface area contributed by atoms with Crippen LogP contribution >= 0.6 is 11.8 Å². The van der Waals surface area contributed by atoms with E-state index >= 15 is 0 Å². The van der Waals surface area contributed by atoms with Crippen LogP contribution in [0.25, 0.3) is 0 Å². The molecule has 0 spiro atoms. The number of hydrogen-bond donors (Lipinski definition) is 1. The Morgan fingerprint density at radius 2 is 2.29 bits per heavy atom. The number of thioether (sulfide) groups is 1. The molecular weight excluding hydrogens is 194 g/mol. The third kappa shape index (κ3) is 4.20. The lowest BCUT2D eigenvalue weighted by molar-refractivity contribution is 0.113. The average Bonchev–Trinajstić information content (AvgIpc) is 2.12. The van der Waals surface area contributed by atoms with Gasteiger partial charge in [0.1, 0.15) is 0 Å². The molecule has 0 aromatic carbocycles. The largest absolute Gasteiger partial charge is 0.380 e. The summed E-state index contributed by atoms with van der Waals surface area (Å²) in [6.07, 6.45) is 1.61. The van der Waals surface area contributed by atoms with Crippen LogP contribution in [-0.2, 0) is 4.74 Å². The van der Waals surface area contributed by atoms with Crippen LogP contribution in [0.5, 0.6) is 0 Å². The summed E-state index contributed by atoms with van der Waals surface area (Å²) >= 11 is 2.07. The fraction of sp³-hybridized carbons (Fsp3) is 1.00. The zero-order chi connectivity index (χ0) is 10.6. The number of ether oxygens (including phenoxy) is 1. The molecule has 0 amide bonds. The number of rotatable bonds is 4. The van der Waals surface area contributed by atoms with Crippen molar-refractivity contribution in [3.8, 4) is 0 Å². The number of nitrogens with one attached hydrogen (secondary N) is 1. The Bertz CT molecular complexity index is 173. The molecule has 0 aliphatic carbocycles. The van der Waals surface area contributed by atoms with Gasteiger partial charge in [0.05, 0.1) is 6.10 Å². The van der Waals surface area contributed by atoms with Crippen LogP contribution in [0.2, 0.25) is 0 Å². The van der Waals surface area contributed by atoms with E-state index in [2.05, 4.69) is 37.8 Å². The van der Waals surface area contributed by atoms with E-state index < -0.39 is 0 Å². The molecule has 0 bridgehead atoms. The van der Waals surface area contributed by atoms with Gasteiger partial charge in [0.2, 0.25) is 0 Å². The van der Waals surface area contributed by atoms with E-state index in [1.165, 1.54) is 17.9 Å². The van der Waals surface area contributed by atoms with Gasteiger partial charge in [0.15, 0.2) is 0 Å². The van der Waals surface area contributed by atoms with Crippen LogP contribution in [0.15, 0.2) is 0 Å². The van der Waals surface area contributed by atoms with Crippen molar-refractivity contribution in [3.63, 3.8) is 0 Å². The van der Waals surface area contributed by atoms with Gasteiger partial charge in [-0.25, -0.2) is 0 Å². The molecule has 1 aliphatic rings. The third-order valence-electron chi connectivity index (χ3n) is 2.71. The van der Waals surface area contributed by atoms with Gasteiger partial charge in [0.25, 0.3) is 0 Å². The highest BCUT2D eigenvalue weighted by Gasteiger charge is 2.28. The fourth-order valence-electron chi connectivity index (χ4n) is 1.81. The summed E-state index contributed by atoms with van der Waals surface area (Å²) in [7, 11) is 1.77. The predicted octanol–water partition coefficient (Wildman–Crippen LogP) is 2.14. The minimum absolute atomic E-state index is 0.324. The highest BCUT2D eigenvalue weighted by atomic mass is 32.2. The van der Waals surface area contributed by atoms with E-state index in [1.54, 1.807) is 7.11 Å². The van der Waals surface area contributed by atoms with Gasteiger partial charge in [-0.1, -0.05) is 13.8 Å². The zero-order valence-electron chi connectivity index (χ0n) is 9.80. The van der Waals surface area contributed by atoms with Crippen molar-refractivity contribution in [3.05, 3.63) is 0 Å². The molecule has 0 aromatic rings. The Kier molecular flexibility index (Phi) is 4.74. The van der Waals surface area contributed by atoms with E-state index in [1.807, 2.05) is 0 Å². The summed E-state index contributed by atoms with van der Waals surface area (Å²) in [5, 5.41) is 3.58. The van der Waals surface area contributed by atoms with Crippen molar-refractivity contribution in [1.29, 1.82) is 0 Å². The van der Waals surface area contributed by atoms with E-state index in [0.717, 1.165) is 6.54 Å². The fourth-order valence-corrected chi connectivity index (χ4v) is 3.12. The van der Waals surface area contributed by atoms with Crippen molar-refractivity contribution in [2.75, 3.05) is 25.2 Å². The van der Waals surface area contributed by atoms with Crippen molar-refractivity contribution in [2.24, 2.45) is 5.41 Å². The normalized spacial score (nSPS) is 28.7. The minimum Gasteiger partial charge on any atom is -0.380 e. The van der Waals surface area contributed by atoms with Crippen molar-refractivity contribution < 1.29 is 4.74 Å². The number of methoxy groups -OCH3 is 1. The maximum Gasteiger partial charge on any atom is 0.0667 e. The van der Waals surface area contributed by atoms with Gasteiger partial charge in [0, 0.05) is 25.4 Å². The van der Waals surface area contributed by atoms with E-state index in [0.29, 0.717) is 17.6 Å². The first-order valence-electron chi connectivity index (χ1n) is 5.37. The van der Waals surface area contributed by atoms with Gasteiger partial charge < -0.3 is 10.1 Å². The molecule has 2 unspecified atom stereocenters. The summed E-state index contributed by atoms with van der Waals surface area (Å²) < 4.78 is 5.22. The maximum absolute atomic E-state index is 5.22. The summed E-state index contributed by atoms with van der Waals surface area (Å²) in [6, 6.07) is 0.668. The summed E-state index contributed by atoms with van der Waals surface area (Å²) in [5.41, 5.74) is 0.497. The van der Waals surface area contributed by atoms with Crippen LogP contribution in [0, 0.1) is 5.41 Å². The van der Waals surface area contributed by atoms with Crippen LogP contribution in [0.4, 0.5) is 0 Å². The molecule has 0 aromatic heterocycles.